The molecule has 262 valence electrons. The average Bonchev–Trinajstić information content (AvgIpc) is 3.39. The van der Waals surface area contributed by atoms with Gasteiger partial charge in [-0.15, -0.1) is 0 Å². The molecule has 2 atom stereocenters. The highest BCUT2D eigenvalue weighted by Gasteiger charge is 2.30. The molecule has 0 radical (unpaired) electrons. The third-order valence-electron chi connectivity index (χ3n) is 7.89. The lowest BCUT2D eigenvalue weighted by atomic mass is 9.84. The molecule has 0 unspecified atom stereocenters. The average molecular weight is 685 g/mol. The number of aliphatic carboxylic acids is 1. The standard InChI is InChI=1S/C36H50F2N4O5Si/c1-36(2,3)34(31-20-26(29-21-27(37)12-13-30(29)38)24-42(31)23-25-10-8-7-9-11-25)39-17-16-28(22-40-32(43)14-15-33(44)45)41-35(46)47-18-19-48(4,5)6/h7-13,20-21,24,28,34,39H,14-19,22-23H2,1-6H3,(H,40,43)(H,41,46)(H,44,45)/t28-,34-/m0/s1. The van der Waals surface area contributed by atoms with Gasteiger partial charge in [0.1, 0.15) is 11.6 Å². The lowest BCUT2D eigenvalue weighted by Gasteiger charge is -2.33. The first-order chi connectivity index (χ1) is 22.5. The first kappa shape index (κ1) is 38.4. The van der Waals surface area contributed by atoms with Crippen molar-refractivity contribution in [3.05, 3.63) is 83.7 Å². The highest BCUT2D eigenvalue weighted by molar-refractivity contribution is 6.76. The minimum absolute atomic E-state index is 0.0941. The number of benzene rings is 2. The zero-order chi connectivity index (χ0) is 35.5. The molecule has 0 fully saturated rings. The largest absolute Gasteiger partial charge is 0.481 e. The maximum atomic E-state index is 14.9. The summed E-state index contributed by atoms with van der Waals surface area (Å²) >= 11 is 0. The Labute approximate surface area is 283 Å². The second-order valence-corrected chi connectivity index (χ2v) is 20.0. The number of aromatic nitrogens is 1. The number of hydrogen-bond acceptors (Lipinski definition) is 5. The fraction of sp³-hybridized carbons (Fsp3) is 0.472. The SMILES string of the molecule is CC(C)(C)[C@@H](NCC[C@@H](CNC(=O)CCC(=O)O)NC(=O)OCC[Si](C)(C)C)c1cc(-c2cc(F)ccc2F)cn1Cc1ccccc1. The van der Waals surface area contributed by atoms with E-state index in [1.54, 1.807) is 0 Å². The first-order valence-corrected chi connectivity index (χ1v) is 20.1. The van der Waals surface area contributed by atoms with Crippen molar-refractivity contribution >= 4 is 26.0 Å². The van der Waals surface area contributed by atoms with Crippen molar-refractivity contribution in [2.24, 2.45) is 5.41 Å². The zero-order valence-corrected chi connectivity index (χ0v) is 29.9. The van der Waals surface area contributed by atoms with Crippen LogP contribution in [0.4, 0.5) is 13.6 Å². The third kappa shape index (κ3) is 12.9. The summed E-state index contributed by atoms with van der Waals surface area (Å²) in [5.74, 6) is -2.53. The lowest BCUT2D eigenvalue weighted by molar-refractivity contribution is -0.138. The number of carbonyl (C=O) groups is 3. The molecule has 3 rings (SSSR count). The van der Waals surface area contributed by atoms with Gasteiger partial charge in [-0.25, -0.2) is 13.6 Å². The molecule has 48 heavy (non-hydrogen) atoms. The second-order valence-electron chi connectivity index (χ2n) is 14.4. The van der Waals surface area contributed by atoms with Crippen LogP contribution in [0.1, 0.15) is 57.3 Å². The van der Waals surface area contributed by atoms with Gasteiger partial charge in [-0.3, -0.25) is 9.59 Å². The van der Waals surface area contributed by atoms with E-state index in [2.05, 4.69) is 56.4 Å². The predicted octanol–water partition coefficient (Wildman–Crippen LogP) is 6.96. The highest BCUT2D eigenvalue weighted by Crippen LogP contribution is 2.37. The van der Waals surface area contributed by atoms with Crippen molar-refractivity contribution in [3.8, 4) is 11.1 Å². The van der Waals surface area contributed by atoms with Gasteiger partial charge in [-0.2, -0.15) is 0 Å². The van der Waals surface area contributed by atoms with Gasteiger partial charge in [0.15, 0.2) is 0 Å². The summed E-state index contributed by atoms with van der Waals surface area (Å²) in [7, 11) is -1.41. The minimum Gasteiger partial charge on any atom is -0.481 e. The van der Waals surface area contributed by atoms with Crippen LogP contribution in [-0.2, 0) is 20.9 Å². The molecule has 0 aliphatic heterocycles. The molecule has 9 nitrogen and oxygen atoms in total. The Morgan fingerprint density at radius 3 is 2.35 bits per heavy atom. The van der Waals surface area contributed by atoms with E-state index >= 15 is 0 Å². The Morgan fingerprint density at radius 1 is 1.00 bits per heavy atom. The van der Waals surface area contributed by atoms with Crippen molar-refractivity contribution in [1.29, 1.82) is 0 Å². The predicted molar refractivity (Wildman–Crippen MR) is 186 cm³/mol. The molecule has 3 aromatic rings. The Hall–Kier alpha value is -4.03. The fourth-order valence-corrected chi connectivity index (χ4v) is 5.95. The molecule has 0 aliphatic carbocycles. The number of ether oxygens (including phenoxy) is 1. The molecule has 4 N–H and O–H groups in total. The summed E-state index contributed by atoms with van der Waals surface area (Å²) in [5.41, 5.74) is 2.32. The van der Waals surface area contributed by atoms with E-state index in [0.29, 0.717) is 31.7 Å². The van der Waals surface area contributed by atoms with E-state index < -0.39 is 43.7 Å². The number of alkyl carbamates (subject to hydrolysis) is 1. The van der Waals surface area contributed by atoms with Crippen LogP contribution < -0.4 is 16.0 Å². The number of amides is 2. The summed E-state index contributed by atoms with van der Waals surface area (Å²) in [6.45, 7) is 14.2. The molecule has 0 saturated carbocycles. The van der Waals surface area contributed by atoms with Crippen LogP contribution in [0.25, 0.3) is 11.1 Å². The number of halogens is 2. The van der Waals surface area contributed by atoms with Gasteiger partial charge >= 0.3 is 12.1 Å². The number of rotatable bonds is 17. The zero-order valence-electron chi connectivity index (χ0n) is 28.9. The van der Waals surface area contributed by atoms with Gasteiger partial charge in [-0.05, 0) is 54.3 Å². The summed E-state index contributed by atoms with van der Waals surface area (Å²) in [6, 6.07) is 15.2. The maximum absolute atomic E-state index is 14.9. The van der Waals surface area contributed by atoms with E-state index in [0.717, 1.165) is 29.4 Å². The number of nitrogens with one attached hydrogen (secondary N) is 3. The van der Waals surface area contributed by atoms with Crippen LogP contribution >= 0.6 is 0 Å². The van der Waals surface area contributed by atoms with E-state index in [1.807, 2.05) is 47.2 Å². The van der Waals surface area contributed by atoms with Crippen LogP contribution in [0.3, 0.4) is 0 Å². The van der Waals surface area contributed by atoms with Gasteiger partial charge < -0.3 is 30.4 Å². The van der Waals surface area contributed by atoms with Crippen molar-refractivity contribution in [2.75, 3.05) is 19.7 Å². The Bertz CT molecular complexity index is 1520. The number of nitrogens with zero attached hydrogens (tertiary/aromatic N) is 1. The fourth-order valence-electron chi connectivity index (χ4n) is 5.24. The number of carbonyl (C=O) groups excluding carboxylic acids is 2. The summed E-state index contributed by atoms with van der Waals surface area (Å²) in [6.07, 6.45) is 1.22. The molecule has 1 heterocycles. The van der Waals surface area contributed by atoms with Crippen molar-refractivity contribution < 1.29 is 33.0 Å². The molecule has 0 saturated heterocycles. The highest BCUT2D eigenvalue weighted by atomic mass is 28.3. The number of carboxylic acid groups (broad SMARTS) is 1. The van der Waals surface area contributed by atoms with Crippen LogP contribution in [-0.4, -0.2) is 61.5 Å². The second kappa shape index (κ2) is 17.4. The van der Waals surface area contributed by atoms with Crippen molar-refractivity contribution in [1.82, 2.24) is 20.5 Å². The number of carboxylic acids is 1. The van der Waals surface area contributed by atoms with Gasteiger partial charge in [-0.1, -0.05) is 70.7 Å². The normalized spacial score (nSPS) is 13.1. The third-order valence-corrected chi connectivity index (χ3v) is 9.59. The van der Waals surface area contributed by atoms with Gasteiger partial charge in [0.25, 0.3) is 0 Å². The molecule has 1 aromatic heterocycles. The molecule has 12 heteroatoms. The Morgan fingerprint density at radius 2 is 1.71 bits per heavy atom. The minimum atomic E-state index is -1.41. The monoisotopic (exact) mass is 684 g/mol. The Kier molecular flexibility index (Phi) is 13.9. The Balaban J connectivity index is 1.83. The van der Waals surface area contributed by atoms with E-state index in [9.17, 15) is 23.2 Å². The molecular weight excluding hydrogens is 635 g/mol. The van der Waals surface area contributed by atoms with E-state index in [4.69, 9.17) is 9.84 Å². The van der Waals surface area contributed by atoms with E-state index in [1.165, 1.54) is 6.07 Å². The first-order valence-electron chi connectivity index (χ1n) is 16.4. The number of hydrogen-bond donors (Lipinski definition) is 4. The van der Waals surface area contributed by atoms with Gasteiger partial charge in [0.2, 0.25) is 5.91 Å². The van der Waals surface area contributed by atoms with Gasteiger partial charge in [0.05, 0.1) is 25.1 Å². The molecule has 2 amide bonds. The molecule has 0 bridgehead atoms. The smallest absolute Gasteiger partial charge is 0.407 e. The summed E-state index contributed by atoms with van der Waals surface area (Å²) in [4.78, 5) is 35.9. The topological polar surface area (TPSA) is 122 Å². The van der Waals surface area contributed by atoms with Crippen LogP contribution in [0, 0.1) is 17.0 Å². The van der Waals surface area contributed by atoms with Crippen LogP contribution in [0.5, 0.6) is 0 Å². The molecule has 0 aliphatic rings. The van der Waals surface area contributed by atoms with Crippen LogP contribution in [0.2, 0.25) is 25.7 Å². The molecular formula is C36H50F2N4O5Si. The quantitative estimate of drug-likeness (QED) is 0.114. The van der Waals surface area contributed by atoms with E-state index in [-0.39, 0.29) is 36.4 Å². The molecule has 0 spiro atoms. The lowest BCUT2D eigenvalue weighted by Crippen LogP contribution is -2.46. The van der Waals surface area contributed by atoms with Gasteiger partial charge in [0, 0.05) is 50.6 Å². The molecule has 2 aromatic carbocycles. The van der Waals surface area contributed by atoms with Crippen molar-refractivity contribution in [2.45, 2.75) is 84.3 Å². The summed E-state index contributed by atoms with van der Waals surface area (Å²) in [5, 5.41) is 18.1. The maximum Gasteiger partial charge on any atom is 0.407 e. The van der Waals surface area contributed by atoms with Crippen LogP contribution in [0.15, 0.2) is 60.8 Å². The van der Waals surface area contributed by atoms with Crippen molar-refractivity contribution in [3.63, 3.8) is 0 Å². The summed E-state index contributed by atoms with van der Waals surface area (Å²) < 4.78 is 36.6.